The van der Waals surface area contributed by atoms with Crippen LogP contribution in [0.4, 0.5) is 5.69 Å². The molecule has 0 saturated heterocycles. The van der Waals surface area contributed by atoms with Gasteiger partial charge in [-0.15, -0.1) is 0 Å². The number of carbonyl (C=O) groups is 1. The summed E-state index contributed by atoms with van der Waals surface area (Å²) < 4.78 is 32.7. The maximum atomic E-state index is 12.6. The van der Waals surface area contributed by atoms with E-state index in [9.17, 15) is 22.8 Å². The van der Waals surface area contributed by atoms with E-state index in [1.807, 2.05) is 26.8 Å². The minimum atomic E-state index is -3.53. The van der Waals surface area contributed by atoms with E-state index in [4.69, 9.17) is 4.74 Å². The van der Waals surface area contributed by atoms with Crippen LogP contribution in [-0.4, -0.2) is 44.3 Å². The Hall–Kier alpha value is -4.12. The average molecular weight is 527 g/mol. The number of nitrogens with zero attached hydrogens (tertiary/aromatic N) is 1. The fraction of sp³-hybridized carbons (Fsp3) is 0.269. The molecular formula is C26H30N4O6S. The van der Waals surface area contributed by atoms with Crippen LogP contribution in [0.5, 0.6) is 5.75 Å². The minimum absolute atomic E-state index is 0.255. The van der Waals surface area contributed by atoms with Gasteiger partial charge in [0.15, 0.2) is 0 Å². The highest BCUT2D eigenvalue weighted by Gasteiger charge is 2.23. The highest BCUT2D eigenvalue weighted by atomic mass is 32.2. The Morgan fingerprint density at radius 3 is 2.30 bits per heavy atom. The molecule has 0 aliphatic carbocycles. The summed E-state index contributed by atoms with van der Waals surface area (Å²) in [5.74, 6) is 0.189. The number of methoxy groups -OCH3 is 1. The fourth-order valence-corrected chi connectivity index (χ4v) is 4.35. The Labute approximate surface area is 215 Å². The van der Waals surface area contributed by atoms with Crippen LogP contribution in [0.1, 0.15) is 47.8 Å². The van der Waals surface area contributed by atoms with Gasteiger partial charge in [0, 0.05) is 41.7 Å². The molecule has 37 heavy (non-hydrogen) atoms. The van der Waals surface area contributed by atoms with Crippen molar-refractivity contribution >= 4 is 33.8 Å². The Kier molecular flexibility index (Phi) is 7.77. The molecule has 1 amide bonds. The topological polar surface area (TPSA) is 139 Å². The molecule has 0 atom stereocenters. The lowest BCUT2D eigenvalue weighted by Crippen LogP contribution is -2.28. The van der Waals surface area contributed by atoms with Crippen LogP contribution in [0.2, 0.25) is 0 Å². The average Bonchev–Trinajstić information content (AvgIpc) is 2.80. The van der Waals surface area contributed by atoms with Crippen molar-refractivity contribution in [1.29, 1.82) is 0 Å². The number of anilines is 1. The SMILES string of the molecule is CNC(=O)c1cc(NS(C)(=O)=O)ccc1C=Cc1cc(-n2ccc(=O)[nH]c2=O)cc(C(C)(C)C)c1OC. The normalized spacial score (nSPS) is 11.9. The number of nitrogens with one attached hydrogen (secondary N) is 3. The standard InChI is InChI=1S/C26H30N4O6S/c1-26(2,3)21-15-19(30-12-11-22(31)28-25(30)33)13-17(23(21)36-5)8-7-16-9-10-18(29-37(6,34)35)14-20(16)24(32)27-4/h7-15,29H,1-6H3,(H,27,32)(H,28,31,33). The van der Waals surface area contributed by atoms with Crippen LogP contribution in [0.3, 0.4) is 0 Å². The predicted octanol–water partition coefficient (Wildman–Crippen LogP) is 2.73. The van der Waals surface area contributed by atoms with Crippen molar-refractivity contribution in [3.8, 4) is 11.4 Å². The predicted molar refractivity (Wildman–Crippen MR) is 145 cm³/mol. The molecule has 0 unspecified atom stereocenters. The first-order valence-electron chi connectivity index (χ1n) is 11.3. The van der Waals surface area contributed by atoms with Gasteiger partial charge in [0.25, 0.3) is 11.5 Å². The summed E-state index contributed by atoms with van der Waals surface area (Å²) in [5.41, 5.74) is 1.58. The van der Waals surface area contributed by atoms with Crippen molar-refractivity contribution < 1.29 is 17.9 Å². The molecular weight excluding hydrogens is 496 g/mol. The number of amides is 1. The minimum Gasteiger partial charge on any atom is -0.496 e. The maximum absolute atomic E-state index is 12.6. The third-order valence-corrected chi connectivity index (χ3v) is 6.09. The van der Waals surface area contributed by atoms with Crippen molar-refractivity contribution in [3.05, 3.63) is 85.7 Å². The van der Waals surface area contributed by atoms with E-state index in [1.165, 1.54) is 29.9 Å². The first-order valence-corrected chi connectivity index (χ1v) is 13.2. The van der Waals surface area contributed by atoms with Crippen molar-refractivity contribution in [1.82, 2.24) is 14.9 Å². The molecule has 196 valence electrons. The largest absolute Gasteiger partial charge is 0.496 e. The molecule has 0 radical (unpaired) electrons. The molecule has 0 aliphatic heterocycles. The molecule has 1 aromatic heterocycles. The van der Waals surface area contributed by atoms with Crippen LogP contribution in [0.25, 0.3) is 17.8 Å². The summed E-state index contributed by atoms with van der Waals surface area (Å²) in [6, 6.07) is 9.47. The van der Waals surface area contributed by atoms with E-state index in [-0.39, 0.29) is 16.7 Å². The van der Waals surface area contributed by atoms with Crippen molar-refractivity contribution in [2.24, 2.45) is 0 Å². The monoisotopic (exact) mass is 526 g/mol. The molecule has 0 aliphatic rings. The Morgan fingerprint density at radius 2 is 1.73 bits per heavy atom. The van der Waals surface area contributed by atoms with Gasteiger partial charge < -0.3 is 10.1 Å². The van der Waals surface area contributed by atoms with Crippen molar-refractivity contribution in [2.75, 3.05) is 25.1 Å². The second kappa shape index (κ2) is 10.5. The summed E-state index contributed by atoms with van der Waals surface area (Å²) >= 11 is 0. The Bertz CT molecular complexity index is 1590. The molecule has 1 heterocycles. The molecule has 0 bridgehead atoms. The van der Waals surface area contributed by atoms with Crippen LogP contribution in [0, 0.1) is 0 Å². The number of benzene rings is 2. The second-order valence-corrected chi connectivity index (χ2v) is 11.2. The molecule has 10 nitrogen and oxygen atoms in total. The number of H-pyrrole nitrogens is 1. The van der Waals surface area contributed by atoms with Gasteiger partial charge in [-0.3, -0.25) is 23.9 Å². The third kappa shape index (κ3) is 6.56. The lowest BCUT2D eigenvalue weighted by molar-refractivity contribution is 0.0963. The zero-order valence-electron chi connectivity index (χ0n) is 21.5. The van der Waals surface area contributed by atoms with Gasteiger partial charge in [-0.25, -0.2) is 13.2 Å². The quantitative estimate of drug-likeness (QED) is 0.405. The third-order valence-electron chi connectivity index (χ3n) is 5.49. The van der Waals surface area contributed by atoms with Crippen LogP contribution < -0.4 is 26.0 Å². The summed E-state index contributed by atoms with van der Waals surface area (Å²) in [4.78, 5) is 38.9. The second-order valence-electron chi connectivity index (χ2n) is 9.43. The van der Waals surface area contributed by atoms with Gasteiger partial charge in [-0.1, -0.05) is 39.0 Å². The zero-order valence-corrected chi connectivity index (χ0v) is 22.3. The number of hydrogen-bond acceptors (Lipinski definition) is 6. The molecule has 11 heteroatoms. The number of rotatable bonds is 7. The van der Waals surface area contributed by atoms with Gasteiger partial charge in [0.2, 0.25) is 10.0 Å². The van der Waals surface area contributed by atoms with Crippen LogP contribution in [-0.2, 0) is 15.4 Å². The number of aromatic amines is 1. The molecule has 3 rings (SSSR count). The maximum Gasteiger partial charge on any atom is 0.332 e. The van der Waals surface area contributed by atoms with Gasteiger partial charge in [-0.2, -0.15) is 0 Å². The molecule has 0 spiro atoms. The lowest BCUT2D eigenvalue weighted by Gasteiger charge is -2.25. The summed E-state index contributed by atoms with van der Waals surface area (Å²) in [6.45, 7) is 6.03. The first kappa shape index (κ1) is 27.5. The van der Waals surface area contributed by atoms with Crippen LogP contribution >= 0.6 is 0 Å². The fourth-order valence-electron chi connectivity index (χ4n) is 3.79. The molecule has 0 saturated carbocycles. The number of aromatic nitrogens is 2. The number of ether oxygens (including phenoxy) is 1. The summed E-state index contributed by atoms with van der Waals surface area (Å²) in [7, 11) is -0.492. The van der Waals surface area contributed by atoms with Gasteiger partial charge in [-0.05, 0) is 35.2 Å². The highest BCUT2D eigenvalue weighted by Crippen LogP contribution is 2.37. The van der Waals surface area contributed by atoms with Crippen molar-refractivity contribution in [3.63, 3.8) is 0 Å². The van der Waals surface area contributed by atoms with Gasteiger partial charge in [0.1, 0.15) is 5.75 Å². The molecule has 2 aromatic carbocycles. The van der Waals surface area contributed by atoms with E-state index in [1.54, 1.807) is 37.5 Å². The highest BCUT2D eigenvalue weighted by molar-refractivity contribution is 7.92. The summed E-state index contributed by atoms with van der Waals surface area (Å²) in [5, 5.41) is 2.56. The number of carbonyl (C=O) groups excluding carboxylic acids is 1. The molecule has 3 aromatic rings. The van der Waals surface area contributed by atoms with Gasteiger partial charge in [0.05, 0.1) is 19.1 Å². The van der Waals surface area contributed by atoms with E-state index in [2.05, 4.69) is 15.0 Å². The first-order chi connectivity index (χ1) is 17.2. The molecule has 0 fully saturated rings. The number of sulfonamides is 1. The zero-order chi connectivity index (χ0) is 27.5. The van der Waals surface area contributed by atoms with E-state index < -0.39 is 27.2 Å². The smallest absolute Gasteiger partial charge is 0.332 e. The van der Waals surface area contributed by atoms with E-state index in [0.29, 0.717) is 22.6 Å². The van der Waals surface area contributed by atoms with E-state index in [0.717, 1.165) is 11.8 Å². The Morgan fingerprint density at radius 1 is 1.05 bits per heavy atom. The van der Waals surface area contributed by atoms with Crippen molar-refractivity contribution in [2.45, 2.75) is 26.2 Å². The Balaban J connectivity index is 2.22. The summed E-state index contributed by atoms with van der Waals surface area (Å²) in [6.07, 6.45) is 5.89. The number of hydrogen-bond donors (Lipinski definition) is 3. The van der Waals surface area contributed by atoms with Gasteiger partial charge >= 0.3 is 5.69 Å². The van der Waals surface area contributed by atoms with E-state index >= 15 is 0 Å². The molecule has 3 N–H and O–H groups in total. The van der Waals surface area contributed by atoms with Crippen LogP contribution in [0.15, 0.2) is 52.2 Å². The lowest BCUT2D eigenvalue weighted by atomic mass is 9.84.